The topological polar surface area (TPSA) is 77.4 Å². The molecular formula is C27H29ClN8. The SMILES string of the molecule is CC(C)N1CCN(Cc2ccc(Nc3cc(-c4ccc5cn[nH]c5c4)c(Cl)n4ccnc34)nc2)CC1. The van der Waals surface area contributed by atoms with Gasteiger partial charge in [-0.1, -0.05) is 29.8 Å². The summed E-state index contributed by atoms with van der Waals surface area (Å²) in [6, 6.07) is 13.0. The van der Waals surface area contributed by atoms with Gasteiger partial charge in [-0.25, -0.2) is 9.97 Å². The third kappa shape index (κ3) is 4.43. The lowest BCUT2D eigenvalue weighted by Gasteiger charge is -2.36. The zero-order valence-electron chi connectivity index (χ0n) is 20.4. The maximum absolute atomic E-state index is 6.80. The second kappa shape index (κ2) is 9.54. The Balaban J connectivity index is 1.23. The van der Waals surface area contributed by atoms with E-state index in [0.29, 0.717) is 11.2 Å². The molecule has 6 rings (SSSR count). The molecule has 2 N–H and O–H groups in total. The number of pyridine rings is 2. The van der Waals surface area contributed by atoms with E-state index < -0.39 is 0 Å². The minimum Gasteiger partial charge on any atom is -0.337 e. The van der Waals surface area contributed by atoms with Crippen LogP contribution in [0.3, 0.4) is 0 Å². The summed E-state index contributed by atoms with van der Waals surface area (Å²) in [7, 11) is 0. The molecular weight excluding hydrogens is 472 g/mol. The summed E-state index contributed by atoms with van der Waals surface area (Å²) in [6.45, 7) is 9.88. The van der Waals surface area contributed by atoms with Crippen molar-refractivity contribution in [1.82, 2.24) is 34.4 Å². The predicted molar refractivity (Wildman–Crippen MR) is 145 cm³/mol. The first kappa shape index (κ1) is 23.0. The minimum atomic E-state index is 0.604. The number of H-pyrrole nitrogens is 1. The number of fused-ring (bicyclic) bond motifs is 2. The highest BCUT2D eigenvalue weighted by Crippen LogP contribution is 2.35. The normalized spacial score (nSPS) is 15.3. The molecule has 1 aliphatic rings. The van der Waals surface area contributed by atoms with E-state index in [9.17, 15) is 0 Å². The van der Waals surface area contributed by atoms with Crippen LogP contribution < -0.4 is 5.32 Å². The lowest BCUT2D eigenvalue weighted by atomic mass is 10.1. The van der Waals surface area contributed by atoms with Crippen molar-refractivity contribution in [2.24, 2.45) is 0 Å². The average molecular weight is 501 g/mol. The third-order valence-electron chi connectivity index (χ3n) is 6.99. The molecule has 0 unspecified atom stereocenters. The second-order valence-electron chi connectivity index (χ2n) is 9.64. The molecule has 0 atom stereocenters. The zero-order valence-corrected chi connectivity index (χ0v) is 21.2. The molecule has 0 spiro atoms. The number of aromatic amines is 1. The molecule has 4 aromatic heterocycles. The summed E-state index contributed by atoms with van der Waals surface area (Å²) < 4.78 is 1.89. The molecule has 0 amide bonds. The highest BCUT2D eigenvalue weighted by atomic mass is 35.5. The molecule has 0 bridgehead atoms. The summed E-state index contributed by atoms with van der Waals surface area (Å²) >= 11 is 6.80. The van der Waals surface area contributed by atoms with Crippen molar-refractivity contribution in [3.05, 3.63) is 71.9 Å². The van der Waals surface area contributed by atoms with Gasteiger partial charge in [0.05, 0.1) is 17.4 Å². The van der Waals surface area contributed by atoms with Gasteiger partial charge in [0.25, 0.3) is 0 Å². The molecule has 1 saturated heterocycles. The Labute approximate surface area is 214 Å². The lowest BCUT2D eigenvalue weighted by molar-refractivity contribution is 0.104. The summed E-state index contributed by atoms with van der Waals surface area (Å²) in [5.41, 5.74) is 5.67. The van der Waals surface area contributed by atoms with E-state index in [1.54, 1.807) is 6.20 Å². The first-order chi connectivity index (χ1) is 17.5. The van der Waals surface area contributed by atoms with Crippen LogP contribution in [0.25, 0.3) is 27.7 Å². The summed E-state index contributed by atoms with van der Waals surface area (Å²) in [4.78, 5) is 14.3. The van der Waals surface area contributed by atoms with Crippen molar-refractivity contribution in [1.29, 1.82) is 0 Å². The van der Waals surface area contributed by atoms with E-state index in [2.05, 4.69) is 62.3 Å². The van der Waals surface area contributed by atoms with Gasteiger partial charge in [-0.15, -0.1) is 0 Å². The lowest BCUT2D eigenvalue weighted by Crippen LogP contribution is -2.48. The van der Waals surface area contributed by atoms with E-state index in [-0.39, 0.29) is 0 Å². The van der Waals surface area contributed by atoms with Crippen molar-refractivity contribution in [3.63, 3.8) is 0 Å². The van der Waals surface area contributed by atoms with Gasteiger partial charge in [-0.3, -0.25) is 19.3 Å². The van der Waals surface area contributed by atoms with Gasteiger partial charge in [0.2, 0.25) is 0 Å². The number of nitrogens with zero attached hydrogens (tertiary/aromatic N) is 6. The van der Waals surface area contributed by atoms with Crippen LogP contribution in [0.5, 0.6) is 0 Å². The molecule has 0 saturated carbocycles. The van der Waals surface area contributed by atoms with Crippen LogP contribution in [0.4, 0.5) is 11.5 Å². The molecule has 8 nitrogen and oxygen atoms in total. The minimum absolute atomic E-state index is 0.604. The highest BCUT2D eigenvalue weighted by molar-refractivity contribution is 6.32. The Kier molecular flexibility index (Phi) is 6.08. The van der Waals surface area contributed by atoms with Crippen molar-refractivity contribution in [2.45, 2.75) is 26.4 Å². The number of halogens is 1. The molecule has 1 fully saturated rings. The van der Waals surface area contributed by atoms with Crippen molar-refractivity contribution in [2.75, 3.05) is 31.5 Å². The number of imidazole rings is 1. The fraction of sp³-hybridized carbons (Fsp3) is 0.296. The molecule has 5 heterocycles. The highest BCUT2D eigenvalue weighted by Gasteiger charge is 2.19. The molecule has 1 aromatic carbocycles. The van der Waals surface area contributed by atoms with Gasteiger partial charge in [-0.05, 0) is 43.2 Å². The van der Waals surface area contributed by atoms with Crippen LogP contribution in [0.2, 0.25) is 5.15 Å². The average Bonchev–Trinajstić information content (AvgIpc) is 3.57. The van der Waals surface area contributed by atoms with E-state index in [0.717, 1.165) is 71.9 Å². The van der Waals surface area contributed by atoms with Crippen LogP contribution in [0.15, 0.2) is 61.2 Å². The van der Waals surface area contributed by atoms with Crippen molar-refractivity contribution < 1.29 is 0 Å². The Morgan fingerprint density at radius 3 is 2.67 bits per heavy atom. The summed E-state index contributed by atoms with van der Waals surface area (Å²) in [5, 5.41) is 12.3. The third-order valence-corrected chi connectivity index (χ3v) is 7.37. The predicted octanol–water partition coefficient (Wildman–Crippen LogP) is 5.20. The number of hydrogen-bond donors (Lipinski definition) is 2. The molecule has 36 heavy (non-hydrogen) atoms. The van der Waals surface area contributed by atoms with Crippen LogP contribution in [-0.4, -0.2) is 66.6 Å². The molecule has 9 heteroatoms. The Morgan fingerprint density at radius 1 is 1.03 bits per heavy atom. The van der Waals surface area contributed by atoms with Gasteiger partial charge in [-0.2, -0.15) is 5.10 Å². The van der Waals surface area contributed by atoms with Gasteiger partial charge in [0, 0.05) is 68.3 Å². The van der Waals surface area contributed by atoms with E-state index in [1.165, 1.54) is 5.56 Å². The quantitative estimate of drug-likeness (QED) is 0.312. The molecule has 184 valence electrons. The number of benzene rings is 1. The zero-order chi connectivity index (χ0) is 24.6. The Bertz CT molecular complexity index is 1500. The van der Waals surface area contributed by atoms with Gasteiger partial charge in [0.1, 0.15) is 11.0 Å². The Morgan fingerprint density at radius 2 is 1.89 bits per heavy atom. The fourth-order valence-electron chi connectivity index (χ4n) is 4.88. The number of hydrogen-bond acceptors (Lipinski definition) is 6. The fourth-order valence-corrected chi connectivity index (χ4v) is 5.18. The number of anilines is 2. The van der Waals surface area contributed by atoms with Gasteiger partial charge >= 0.3 is 0 Å². The van der Waals surface area contributed by atoms with E-state index in [4.69, 9.17) is 16.6 Å². The van der Waals surface area contributed by atoms with Crippen LogP contribution in [0, 0.1) is 0 Å². The molecule has 0 radical (unpaired) electrons. The van der Waals surface area contributed by atoms with Gasteiger partial charge in [0.15, 0.2) is 5.65 Å². The molecule has 1 aliphatic heterocycles. The van der Waals surface area contributed by atoms with Gasteiger partial charge < -0.3 is 5.32 Å². The maximum atomic E-state index is 6.80. The number of piperazine rings is 1. The number of nitrogens with one attached hydrogen (secondary N) is 2. The van der Waals surface area contributed by atoms with E-state index >= 15 is 0 Å². The first-order valence-corrected chi connectivity index (χ1v) is 12.7. The Hall–Kier alpha value is -3.46. The standard InChI is InChI=1S/C27H29ClN8/c1-18(2)35-11-9-34(10-12-35)17-19-3-6-25(30-15-19)32-24-14-22(26(28)36-8-7-29-27(24)36)20-4-5-21-16-31-33-23(21)13-20/h3-8,13-16,18H,9-12,17H2,1-2H3,(H,30,32)(H,31,33). The monoisotopic (exact) mass is 500 g/mol. The van der Waals surface area contributed by atoms with Crippen LogP contribution >= 0.6 is 11.6 Å². The molecule has 0 aliphatic carbocycles. The molecule has 5 aromatic rings. The number of rotatable bonds is 6. The largest absolute Gasteiger partial charge is 0.337 e. The van der Waals surface area contributed by atoms with E-state index in [1.807, 2.05) is 41.2 Å². The maximum Gasteiger partial charge on any atom is 0.161 e. The summed E-state index contributed by atoms with van der Waals surface area (Å²) in [6.07, 6.45) is 7.40. The van der Waals surface area contributed by atoms with Crippen molar-refractivity contribution >= 4 is 39.7 Å². The second-order valence-corrected chi connectivity index (χ2v) is 10.00. The van der Waals surface area contributed by atoms with Crippen LogP contribution in [0.1, 0.15) is 19.4 Å². The van der Waals surface area contributed by atoms with Crippen LogP contribution in [-0.2, 0) is 6.54 Å². The first-order valence-electron chi connectivity index (χ1n) is 12.3. The smallest absolute Gasteiger partial charge is 0.161 e. The number of aromatic nitrogens is 5. The summed E-state index contributed by atoms with van der Waals surface area (Å²) in [5.74, 6) is 0.769. The van der Waals surface area contributed by atoms with Crippen molar-refractivity contribution in [3.8, 4) is 11.1 Å².